The normalized spacial score (nSPS) is 15.4. The molecule has 1 aromatic carbocycles. The molecule has 0 aromatic heterocycles. The predicted octanol–water partition coefficient (Wildman–Crippen LogP) is 1.97. The van der Waals surface area contributed by atoms with Gasteiger partial charge in [0.2, 0.25) is 0 Å². The van der Waals surface area contributed by atoms with Crippen molar-refractivity contribution in [1.29, 1.82) is 0 Å². The Hall–Kier alpha value is -0.570. The predicted molar refractivity (Wildman–Crippen MR) is 54.6 cm³/mol. The van der Waals surface area contributed by atoms with Gasteiger partial charge in [-0.25, -0.2) is 0 Å². The molecule has 0 saturated heterocycles. The molecule has 3 N–H and O–H groups in total. The van der Waals surface area contributed by atoms with Gasteiger partial charge in [-0.2, -0.15) is 0 Å². The first kappa shape index (κ1) is 10.5. The molecular formula is C10H14ClNO. The second-order valence-corrected chi connectivity index (χ2v) is 3.61. The highest BCUT2D eigenvalue weighted by Gasteiger charge is 2.15. The van der Waals surface area contributed by atoms with Crippen molar-refractivity contribution in [2.24, 2.45) is 11.7 Å². The van der Waals surface area contributed by atoms with Crippen molar-refractivity contribution in [2.45, 2.75) is 13.0 Å². The molecule has 72 valence electrons. The Bertz CT molecular complexity index is 277. The lowest BCUT2D eigenvalue weighted by Crippen LogP contribution is -2.22. The highest BCUT2D eigenvalue weighted by atomic mass is 35.5. The van der Waals surface area contributed by atoms with E-state index in [9.17, 15) is 0 Å². The van der Waals surface area contributed by atoms with Gasteiger partial charge in [0.05, 0.1) is 0 Å². The molecule has 2 unspecified atom stereocenters. The minimum absolute atomic E-state index is 0.0277. The number of halogens is 1. The van der Waals surface area contributed by atoms with Crippen LogP contribution in [0.4, 0.5) is 0 Å². The smallest absolute Gasteiger partial charge is 0.0474 e. The van der Waals surface area contributed by atoms with Crippen molar-refractivity contribution in [1.82, 2.24) is 0 Å². The standard InChI is InChI=1S/C10H14ClNO/c1-7(6-13)10(12)8-4-2-3-5-9(8)11/h2-5,7,10,13H,6,12H2,1H3. The Morgan fingerprint density at radius 1 is 1.46 bits per heavy atom. The van der Waals surface area contributed by atoms with Crippen LogP contribution < -0.4 is 5.73 Å². The second kappa shape index (κ2) is 4.61. The monoisotopic (exact) mass is 199 g/mol. The van der Waals surface area contributed by atoms with Crippen LogP contribution in [0.3, 0.4) is 0 Å². The average Bonchev–Trinajstić information content (AvgIpc) is 2.16. The lowest BCUT2D eigenvalue weighted by Gasteiger charge is -2.18. The minimum Gasteiger partial charge on any atom is -0.396 e. The number of hydrogen-bond acceptors (Lipinski definition) is 2. The number of benzene rings is 1. The molecular weight excluding hydrogens is 186 g/mol. The summed E-state index contributed by atoms with van der Waals surface area (Å²) in [6, 6.07) is 7.26. The molecule has 0 spiro atoms. The van der Waals surface area contributed by atoms with Crippen molar-refractivity contribution < 1.29 is 5.11 Å². The van der Waals surface area contributed by atoms with E-state index in [0.29, 0.717) is 5.02 Å². The molecule has 0 saturated carbocycles. The quantitative estimate of drug-likeness (QED) is 0.782. The molecule has 0 radical (unpaired) electrons. The van der Waals surface area contributed by atoms with E-state index in [0.717, 1.165) is 5.56 Å². The summed E-state index contributed by atoms with van der Waals surface area (Å²) in [7, 11) is 0. The Morgan fingerprint density at radius 3 is 2.62 bits per heavy atom. The Morgan fingerprint density at radius 2 is 2.08 bits per heavy atom. The van der Waals surface area contributed by atoms with Crippen LogP contribution in [0.25, 0.3) is 0 Å². The Labute approximate surface area is 83.3 Å². The van der Waals surface area contributed by atoms with Crippen molar-refractivity contribution in [2.75, 3.05) is 6.61 Å². The van der Waals surface area contributed by atoms with Gasteiger partial charge in [0.25, 0.3) is 0 Å². The van der Waals surface area contributed by atoms with Crippen LogP contribution in [0, 0.1) is 5.92 Å². The molecule has 2 nitrogen and oxygen atoms in total. The molecule has 0 fully saturated rings. The van der Waals surface area contributed by atoms with Crippen LogP contribution in [0.1, 0.15) is 18.5 Å². The molecule has 0 aliphatic carbocycles. The van der Waals surface area contributed by atoms with E-state index in [1.807, 2.05) is 25.1 Å². The third-order valence-corrected chi connectivity index (χ3v) is 2.51. The molecule has 2 atom stereocenters. The summed E-state index contributed by atoms with van der Waals surface area (Å²) in [5.41, 5.74) is 6.80. The molecule has 13 heavy (non-hydrogen) atoms. The lowest BCUT2D eigenvalue weighted by molar-refractivity contribution is 0.217. The van der Waals surface area contributed by atoms with Crippen molar-refractivity contribution >= 4 is 11.6 Å². The highest BCUT2D eigenvalue weighted by Crippen LogP contribution is 2.25. The zero-order chi connectivity index (χ0) is 9.84. The minimum atomic E-state index is -0.196. The maximum Gasteiger partial charge on any atom is 0.0474 e. The van der Waals surface area contributed by atoms with E-state index in [2.05, 4.69) is 0 Å². The fourth-order valence-electron chi connectivity index (χ4n) is 1.17. The summed E-state index contributed by atoms with van der Waals surface area (Å²) >= 11 is 5.96. The molecule has 0 aliphatic rings. The van der Waals surface area contributed by atoms with Gasteiger partial charge in [0.15, 0.2) is 0 Å². The van der Waals surface area contributed by atoms with Gasteiger partial charge >= 0.3 is 0 Å². The third-order valence-electron chi connectivity index (χ3n) is 2.17. The van der Waals surface area contributed by atoms with Crippen LogP contribution in [0.15, 0.2) is 24.3 Å². The zero-order valence-electron chi connectivity index (χ0n) is 7.57. The Balaban J connectivity index is 2.88. The summed E-state index contributed by atoms with van der Waals surface area (Å²) in [6.45, 7) is 1.97. The van der Waals surface area contributed by atoms with Gasteiger partial charge in [-0.1, -0.05) is 36.7 Å². The number of nitrogens with two attached hydrogens (primary N) is 1. The van der Waals surface area contributed by atoms with Gasteiger partial charge < -0.3 is 10.8 Å². The van der Waals surface area contributed by atoms with Crippen molar-refractivity contribution in [3.8, 4) is 0 Å². The van der Waals surface area contributed by atoms with Crippen LogP contribution in [-0.4, -0.2) is 11.7 Å². The second-order valence-electron chi connectivity index (χ2n) is 3.21. The average molecular weight is 200 g/mol. The molecule has 3 heteroatoms. The van der Waals surface area contributed by atoms with E-state index < -0.39 is 0 Å². The largest absolute Gasteiger partial charge is 0.396 e. The number of hydrogen-bond donors (Lipinski definition) is 2. The maximum atomic E-state index is 8.93. The van der Waals surface area contributed by atoms with Crippen LogP contribution in [0.2, 0.25) is 5.02 Å². The molecule has 0 bridgehead atoms. The highest BCUT2D eigenvalue weighted by molar-refractivity contribution is 6.31. The van der Waals surface area contributed by atoms with Crippen molar-refractivity contribution in [3.05, 3.63) is 34.9 Å². The maximum absolute atomic E-state index is 8.93. The summed E-state index contributed by atoms with van der Waals surface area (Å²) in [4.78, 5) is 0. The van der Waals surface area contributed by atoms with Gasteiger partial charge in [0, 0.05) is 17.7 Å². The summed E-state index contributed by atoms with van der Waals surface area (Å²) in [5, 5.41) is 9.60. The number of aliphatic hydroxyl groups is 1. The topological polar surface area (TPSA) is 46.2 Å². The Kier molecular flexibility index (Phi) is 3.72. The van der Waals surface area contributed by atoms with E-state index in [1.54, 1.807) is 6.07 Å². The summed E-state index contributed by atoms with van der Waals surface area (Å²) in [6.07, 6.45) is 0. The van der Waals surface area contributed by atoms with Crippen LogP contribution >= 0.6 is 11.6 Å². The van der Waals surface area contributed by atoms with Gasteiger partial charge in [-0.15, -0.1) is 0 Å². The van der Waals surface area contributed by atoms with E-state index in [4.69, 9.17) is 22.4 Å². The molecule has 1 aromatic rings. The first-order valence-electron chi connectivity index (χ1n) is 4.27. The summed E-state index contributed by atoms with van der Waals surface area (Å²) < 4.78 is 0. The van der Waals surface area contributed by atoms with Crippen LogP contribution in [0.5, 0.6) is 0 Å². The fourth-order valence-corrected chi connectivity index (χ4v) is 1.43. The number of aliphatic hydroxyl groups excluding tert-OH is 1. The molecule has 0 amide bonds. The van der Waals surface area contributed by atoms with E-state index >= 15 is 0 Å². The van der Waals surface area contributed by atoms with Gasteiger partial charge in [-0.3, -0.25) is 0 Å². The third kappa shape index (κ3) is 2.44. The fraction of sp³-hybridized carbons (Fsp3) is 0.400. The lowest BCUT2D eigenvalue weighted by atomic mass is 9.96. The van der Waals surface area contributed by atoms with Crippen molar-refractivity contribution in [3.63, 3.8) is 0 Å². The van der Waals surface area contributed by atoms with Gasteiger partial charge in [-0.05, 0) is 17.5 Å². The van der Waals surface area contributed by atoms with Crippen LogP contribution in [-0.2, 0) is 0 Å². The first-order valence-corrected chi connectivity index (χ1v) is 4.65. The summed E-state index contributed by atoms with van der Waals surface area (Å²) in [5.74, 6) is 0.0277. The molecule has 0 heterocycles. The molecule has 0 aliphatic heterocycles. The van der Waals surface area contributed by atoms with E-state index in [1.165, 1.54) is 0 Å². The zero-order valence-corrected chi connectivity index (χ0v) is 8.33. The molecule has 1 rings (SSSR count). The SMILES string of the molecule is CC(CO)C(N)c1ccccc1Cl. The first-order chi connectivity index (χ1) is 6.16. The number of rotatable bonds is 3. The van der Waals surface area contributed by atoms with Gasteiger partial charge in [0.1, 0.15) is 0 Å². The van der Waals surface area contributed by atoms with E-state index in [-0.39, 0.29) is 18.6 Å².